The fourth-order valence-corrected chi connectivity index (χ4v) is 5.31. The maximum absolute atomic E-state index is 13.1. The lowest BCUT2D eigenvalue weighted by Gasteiger charge is -2.51. The number of furan rings is 1. The molecule has 5 heterocycles. The molecule has 2 aromatic rings. The van der Waals surface area contributed by atoms with Crippen LogP contribution in [0.3, 0.4) is 0 Å². The summed E-state index contributed by atoms with van der Waals surface area (Å²) >= 11 is 0. The zero-order valence-electron chi connectivity index (χ0n) is 14.6. The Morgan fingerprint density at radius 2 is 1.84 bits per heavy atom. The quantitative estimate of drug-likeness (QED) is 0.844. The van der Waals surface area contributed by atoms with Crippen LogP contribution in [-0.4, -0.2) is 47.4 Å². The van der Waals surface area contributed by atoms with Crippen LogP contribution in [0.25, 0.3) is 0 Å². The Bertz CT molecular complexity index is 760. The summed E-state index contributed by atoms with van der Waals surface area (Å²) in [4.78, 5) is 17.9. The largest absolute Gasteiger partial charge is 0.472 e. The van der Waals surface area contributed by atoms with Crippen LogP contribution in [0.4, 0.5) is 0 Å². The number of hydrogen-bond acceptors (Lipinski definition) is 3. The summed E-state index contributed by atoms with van der Waals surface area (Å²) in [6.07, 6.45) is 5.61. The Hall–Kier alpha value is -2.07. The highest BCUT2D eigenvalue weighted by Gasteiger charge is 2.54. The van der Waals surface area contributed by atoms with Gasteiger partial charge in [0.2, 0.25) is 0 Å². The summed E-state index contributed by atoms with van der Waals surface area (Å²) in [5.74, 6) is 1.18. The van der Waals surface area contributed by atoms with E-state index in [9.17, 15) is 4.79 Å². The number of piperidine rings is 3. The molecule has 0 N–H and O–H groups in total. The summed E-state index contributed by atoms with van der Waals surface area (Å²) < 4.78 is 5.16. The maximum Gasteiger partial charge on any atom is 0.257 e. The molecule has 4 nitrogen and oxygen atoms in total. The molecule has 0 spiro atoms. The molecule has 1 amide bonds. The van der Waals surface area contributed by atoms with E-state index < -0.39 is 0 Å². The molecule has 6 rings (SSSR count). The predicted octanol–water partition coefficient (Wildman–Crippen LogP) is 3.29. The second-order valence-electron chi connectivity index (χ2n) is 7.84. The lowest BCUT2D eigenvalue weighted by molar-refractivity contribution is -0.00342. The highest BCUT2D eigenvalue weighted by Crippen LogP contribution is 2.46. The van der Waals surface area contributed by atoms with Crippen LogP contribution in [0.15, 0.2) is 47.3 Å². The Kier molecular flexibility index (Phi) is 3.49. The zero-order valence-corrected chi connectivity index (χ0v) is 14.6. The van der Waals surface area contributed by atoms with Crippen molar-refractivity contribution in [3.05, 3.63) is 59.5 Å². The summed E-state index contributed by atoms with van der Waals surface area (Å²) in [5.41, 5.74) is 3.34. The van der Waals surface area contributed by atoms with Gasteiger partial charge in [0.05, 0.1) is 17.9 Å². The first-order valence-electron chi connectivity index (χ1n) is 9.36. The van der Waals surface area contributed by atoms with E-state index in [4.69, 9.17) is 4.42 Å². The van der Waals surface area contributed by atoms with Gasteiger partial charge in [-0.2, -0.15) is 0 Å². The number of amides is 1. The van der Waals surface area contributed by atoms with Gasteiger partial charge in [-0.1, -0.05) is 29.8 Å². The summed E-state index contributed by atoms with van der Waals surface area (Å²) in [5, 5.41) is 0. The van der Waals surface area contributed by atoms with Crippen LogP contribution in [0.1, 0.15) is 40.2 Å². The molecule has 1 aromatic heterocycles. The van der Waals surface area contributed by atoms with E-state index in [1.807, 2.05) is 0 Å². The van der Waals surface area contributed by atoms with Crippen molar-refractivity contribution in [1.82, 2.24) is 9.80 Å². The molecule has 2 bridgehead atoms. The molecule has 0 aliphatic carbocycles. The molecule has 4 aliphatic rings. The second kappa shape index (κ2) is 5.73. The van der Waals surface area contributed by atoms with E-state index in [1.54, 1.807) is 18.6 Å². The van der Waals surface area contributed by atoms with Crippen molar-refractivity contribution in [3.8, 4) is 0 Å². The Balaban J connectivity index is 1.53. The molecule has 25 heavy (non-hydrogen) atoms. The smallest absolute Gasteiger partial charge is 0.257 e. The number of aryl methyl sites for hydroxylation is 1. The molecule has 4 saturated heterocycles. The van der Waals surface area contributed by atoms with Crippen molar-refractivity contribution < 1.29 is 9.21 Å². The van der Waals surface area contributed by atoms with Gasteiger partial charge in [-0.3, -0.25) is 9.69 Å². The first-order valence-corrected chi connectivity index (χ1v) is 9.36. The topological polar surface area (TPSA) is 36.7 Å². The minimum Gasteiger partial charge on any atom is -0.472 e. The van der Waals surface area contributed by atoms with Gasteiger partial charge >= 0.3 is 0 Å². The maximum atomic E-state index is 13.1. The molecular formula is C21H24N2O2. The van der Waals surface area contributed by atoms with Crippen LogP contribution in [0, 0.1) is 12.8 Å². The molecule has 0 unspecified atom stereocenters. The molecule has 4 fully saturated rings. The highest BCUT2D eigenvalue weighted by atomic mass is 16.3. The van der Waals surface area contributed by atoms with Crippen molar-refractivity contribution in [2.75, 3.05) is 19.6 Å². The second-order valence-corrected chi connectivity index (χ2v) is 7.84. The summed E-state index contributed by atoms with van der Waals surface area (Å²) in [6.45, 7) is 5.31. The summed E-state index contributed by atoms with van der Waals surface area (Å²) in [7, 11) is 0. The van der Waals surface area contributed by atoms with E-state index in [-0.39, 0.29) is 5.91 Å². The van der Waals surface area contributed by atoms with E-state index >= 15 is 0 Å². The fraction of sp³-hybridized carbons (Fsp3) is 0.476. The fourth-order valence-electron chi connectivity index (χ4n) is 5.31. The zero-order chi connectivity index (χ0) is 17.0. The van der Waals surface area contributed by atoms with Crippen molar-refractivity contribution in [1.29, 1.82) is 0 Å². The minimum absolute atomic E-state index is 0.132. The van der Waals surface area contributed by atoms with E-state index in [2.05, 4.69) is 41.0 Å². The number of carbonyl (C=O) groups excluding carboxylic acids is 1. The first kappa shape index (κ1) is 15.2. The van der Waals surface area contributed by atoms with Gasteiger partial charge in [-0.25, -0.2) is 0 Å². The average molecular weight is 336 g/mol. The average Bonchev–Trinajstić information content (AvgIpc) is 3.32. The number of carbonyl (C=O) groups is 1. The van der Waals surface area contributed by atoms with Crippen molar-refractivity contribution in [2.45, 2.75) is 37.8 Å². The Morgan fingerprint density at radius 1 is 1.08 bits per heavy atom. The molecule has 130 valence electrons. The molecule has 0 radical (unpaired) electrons. The van der Waals surface area contributed by atoms with Crippen LogP contribution in [0.2, 0.25) is 0 Å². The number of nitrogens with zero attached hydrogens (tertiary/aromatic N) is 2. The van der Waals surface area contributed by atoms with Gasteiger partial charge in [0.15, 0.2) is 0 Å². The van der Waals surface area contributed by atoms with Gasteiger partial charge in [0.1, 0.15) is 6.26 Å². The van der Waals surface area contributed by atoms with Crippen molar-refractivity contribution in [2.24, 2.45) is 5.92 Å². The van der Waals surface area contributed by atoms with Gasteiger partial charge in [0, 0.05) is 18.5 Å². The third-order valence-corrected chi connectivity index (χ3v) is 6.53. The number of rotatable bonds is 2. The molecule has 3 atom stereocenters. The predicted molar refractivity (Wildman–Crippen MR) is 95.5 cm³/mol. The molecular weight excluding hydrogens is 312 g/mol. The minimum atomic E-state index is 0.132. The van der Waals surface area contributed by atoms with E-state index in [0.29, 0.717) is 29.5 Å². The SMILES string of the molecule is Cc1ccc([C@H]2CN(C(=O)c3ccoc3)[C@@H]3C4CCN(CC4)[C@H]23)cc1. The molecule has 1 aromatic carbocycles. The standard InChI is InChI=1S/C21H24N2O2/c1-14-2-4-15(5-3-14)18-12-23(21(24)17-8-11-25-13-17)19-16-6-9-22(10-7-16)20(18)19/h2-5,8,11,13,16,18-20H,6-7,9-10,12H2,1H3/t18-,19-,20-/m1/s1. The lowest BCUT2D eigenvalue weighted by Crippen LogP contribution is -2.60. The molecule has 0 saturated carbocycles. The number of likely N-dealkylation sites (tertiary alicyclic amines) is 1. The Morgan fingerprint density at radius 3 is 2.52 bits per heavy atom. The normalized spacial score (nSPS) is 33.5. The van der Waals surface area contributed by atoms with Gasteiger partial charge in [-0.15, -0.1) is 0 Å². The molecule has 4 aliphatic heterocycles. The number of hydrogen-bond donors (Lipinski definition) is 0. The van der Waals surface area contributed by atoms with Crippen LogP contribution in [0.5, 0.6) is 0 Å². The Labute approximate surface area is 148 Å². The highest BCUT2D eigenvalue weighted by molar-refractivity contribution is 5.94. The van der Waals surface area contributed by atoms with Crippen molar-refractivity contribution >= 4 is 5.91 Å². The lowest BCUT2D eigenvalue weighted by atomic mass is 9.75. The van der Waals surface area contributed by atoms with Gasteiger partial charge < -0.3 is 9.32 Å². The van der Waals surface area contributed by atoms with Crippen LogP contribution < -0.4 is 0 Å². The van der Waals surface area contributed by atoms with Gasteiger partial charge in [-0.05, 0) is 50.4 Å². The third-order valence-electron chi connectivity index (χ3n) is 6.53. The van der Waals surface area contributed by atoms with Crippen LogP contribution >= 0.6 is 0 Å². The van der Waals surface area contributed by atoms with E-state index in [1.165, 1.54) is 37.1 Å². The first-order chi connectivity index (χ1) is 12.2. The monoisotopic (exact) mass is 336 g/mol. The van der Waals surface area contributed by atoms with E-state index in [0.717, 1.165) is 6.54 Å². The summed E-state index contributed by atoms with van der Waals surface area (Å²) in [6, 6.07) is 11.5. The van der Waals surface area contributed by atoms with Crippen molar-refractivity contribution in [3.63, 3.8) is 0 Å². The molecule has 4 heteroatoms. The number of fused-ring (bicyclic) bond motifs is 2. The number of benzene rings is 1. The van der Waals surface area contributed by atoms with Crippen LogP contribution in [-0.2, 0) is 0 Å². The van der Waals surface area contributed by atoms with Gasteiger partial charge in [0.25, 0.3) is 5.91 Å². The third kappa shape index (κ3) is 2.35.